The molecule has 4 aliphatic heterocycles. The van der Waals surface area contributed by atoms with Gasteiger partial charge in [-0.2, -0.15) is 20.7 Å². The third kappa shape index (κ3) is 55.5. The number of aliphatic imine (C=N–C) groups is 6. The highest BCUT2D eigenvalue weighted by Gasteiger charge is 2.26. The maximum absolute atomic E-state index is 5.20. The Morgan fingerprint density at radius 1 is 0.311 bits per heavy atom. The Labute approximate surface area is 845 Å². The van der Waals surface area contributed by atoms with Crippen LogP contribution in [0.2, 0.25) is 0 Å². The maximum Gasteiger partial charge on any atom is 0.231 e. The van der Waals surface area contributed by atoms with Crippen LogP contribution in [0.25, 0.3) is 0 Å². The fraction of sp³-hybridized carbons (Fsp3) is 0.579. The molecular formula is C114H180N12O3S6. The third-order valence-corrected chi connectivity index (χ3v) is 26.0. The summed E-state index contributed by atoms with van der Waals surface area (Å²) in [7, 11) is 0. The number of allylic oxidation sites excluding steroid dienone is 11. The maximum atomic E-state index is 5.20. The van der Waals surface area contributed by atoms with Gasteiger partial charge < -0.3 is 13.4 Å². The number of nitrogens with zero attached hydrogens (tertiary/aromatic N) is 12. The van der Waals surface area contributed by atoms with Crippen LogP contribution in [-0.2, 0) is 48.7 Å². The van der Waals surface area contributed by atoms with E-state index in [1.807, 2.05) is 97.1 Å². The zero-order valence-corrected chi connectivity index (χ0v) is 97.2. The van der Waals surface area contributed by atoms with Crippen LogP contribution in [0, 0.1) is 32.5 Å². The van der Waals surface area contributed by atoms with Gasteiger partial charge >= 0.3 is 0 Å². The topological polar surface area (TPSA) is 191 Å². The van der Waals surface area contributed by atoms with E-state index < -0.39 is 0 Å². The monoisotopic (exact) mass is 1960 g/mol. The highest BCUT2D eigenvalue weighted by Crippen LogP contribution is 2.35. The predicted molar refractivity (Wildman–Crippen MR) is 602 cm³/mol. The zero-order valence-electron chi connectivity index (χ0n) is 92.3. The molecule has 750 valence electrons. The van der Waals surface area contributed by atoms with Gasteiger partial charge in [0.2, 0.25) is 5.89 Å². The summed E-state index contributed by atoms with van der Waals surface area (Å²) in [4.78, 5) is 45.8. The Balaban J connectivity index is 0.000000723. The molecule has 0 bridgehead atoms. The number of hydrogen-bond acceptors (Lipinski definition) is 21. The Bertz CT molecular complexity index is 4050. The Morgan fingerprint density at radius 3 is 0.948 bits per heavy atom. The predicted octanol–water partition coefficient (Wildman–Crippen LogP) is 35.7. The fourth-order valence-corrected chi connectivity index (χ4v) is 15.5. The van der Waals surface area contributed by atoms with Gasteiger partial charge in [0.05, 0.1) is 37.1 Å². The van der Waals surface area contributed by atoms with Gasteiger partial charge in [-0.15, -0.1) is 45.3 Å². The van der Waals surface area contributed by atoms with E-state index in [9.17, 15) is 0 Å². The van der Waals surface area contributed by atoms with Crippen LogP contribution in [-0.4, -0.2) is 85.1 Å². The molecule has 0 amide bonds. The molecule has 0 atom stereocenters. The van der Waals surface area contributed by atoms with Crippen LogP contribution in [0.3, 0.4) is 0 Å². The van der Waals surface area contributed by atoms with Crippen molar-refractivity contribution in [2.45, 2.75) is 380 Å². The summed E-state index contributed by atoms with van der Waals surface area (Å²) in [5.74, 6) is 4.47. The SMILES string of the molecule is CC(C)(C)C1=CCC=C1.CC(C)(C)C1=CCC=C1.CC(C)(C)C1=CCC=N1.CC(C)(C)C1=NCC=C1.CC(C)(C)C1=NCC=N1.CC(C)(C)C1=NCC=N1.CC(C)(C)c1ccco1.CC(C)(C)c1cccs1.CC(C)(C)c1cccs1.CC(C)(C)c1cccs1.CC(C)(C)c1ccsc1.CC(C)(C)c1ncco1.CC(C)(C)c1nccs1.CC(C)(C)c1ncno1.CC(C)(C)c1ncns1. The van der Waals surface area contributed by atoms with Crippen molar-refractivity contribution in [1.29, 1.82) is 0 Å². The number of hydrogen-bond donors (Lipinski definition) is 0. The third-order valence-electron chi connectivity index (χ3n) is 19.1. The van der Waals surface area contributed by atoms with Crippen LogP contribution in [0.4, 0.5) is 0 Å². The summed E-state index contributed by atoms with van der Waals surface area (Å²) in [6, 6.07) is 19.0. The zero-order chi connectivity index (χ0) is 104. The second kappa shape index (κ2) is 56.4. The molecule has 0 fully saturated rings. The molecule has 2 aliphatic carbocycles. The van der Waals surface area contributed by atoms with Gasteiger partial charge in [-0.25, -0.2) is 24.9 Å². The molecular weight excluding hydrogens is 1780 g/mol. The standard InChI is InChI=1S/2C9H14.2C8H13N.C8H12O.4C8H12S.2C7H12N2.C7H11NO.C7H11NS.C6H10N2O.C6H10N2S/c2*1-9(2,3)8-6-4-5-7-8;3*1-8(2,3)7-5-4-6-9-7;1-8(2,3)7-4-5-9-6-7;3*1-8(2,3)7-5-4-6-9-7;4*1-7(2,3)6-8-4-5-9-6;2*1-6(2,3)5-7-4-8-9-5/h2*4,6-7H,5H2,1-3H3;5-6H,4H2,1-3H3;4-5H,6H2,1-3H3;5*4-6H,1-3H3;2*4H,5H2,1-3H3;2*4-5H,1-3H3;2*4H,1-3H3. The molecule has 6 aliphatic rings. The molecule has 21 heteroatoms. The minimum absolute atomic E-state index is 0.0174. The molecule has 0 saturated carbocycles. The molecule has 0 unspecified atom stereocenters. The van der Waals surface area contributed by atoms with Gasteiger partial charge in [-0.05, 0) is 143 Å². The van der Waals surface area contributed by atoms with E-state index in [1.165, 1.54) is 65.6 Å². The van der Waals surface area contributed by atoms with Crippen LogP contribution in [0.15, 0.2) is 239 Å². The first-order valence-electron chi connectivity index (χ1n) is 47.4. The average Bonchev–Trinajstić information content (AvgIpc) is 1.92. The number of amidine groups is 2. The largest absolute Gasteiger partial charge is 0.469 e. The second-order valence-corrected chi connectivity index (χ2v) is 53.9. The fourth-order valence-electron chi connectivity index (χ4n) is 10.9. The smallest absolute Gasteiger partial charge is 0.231 e. The van der Waals surface area contributed by atoms with Gasteiger partial charge in [0.25, 0.3) is 0 Å². The summed E-state index contributed by atoms with van der Waals surface area (Å²) in [5, 5.41) is 18.5. The Morgan fingerprint density at radius 2 is 0.785 bits per heavy atom. The number of furan rings is 1. The van der Waals surface area contributed by atoms with E-state index in [2.05, 4.69) is 474 Å². The molecule has 9 aromatic heterocycles. The van der Waals surface area contributed by atoms with Gasteiger partial charge in [-0.1, -0.05) is 384 Å². The van der Waals surface area contributed by atoms with Gasteiger partial charge in [-0.3, -0.25) is 20.0 Å². The second-order valence-electron chi connectivity index (χ2n) is 48.7. The van der Waals surface area contributed by atoms with Crippen molar-refractivity contribution in [2.75, 3.05) is 19.6 Å². The summed E-state index contributed by atoms with van der Waals surface area (Å²) in [5.41, 5.74) is 10.2. The van der Waals surface area contributed by atoms with Crippen molar-refractivity contribution in [3.05, 3.63) is 244 Å². The highest BCUT2D eigenvalue weighted by molar-refractivity contribution is 7.11. The summed E-state index contributed by atoms with van der Waals surface area (Å²) in [6.45, 7) is 100. The van der Waals surface area contributed by atoms with Crippen LogP contribution < -0.4 is 0 Å². The molecule has 15 rings (SSSR count). The summed E-state index contributed by atoms with van der Waals surface area (Å²) in [6.07, 6.45) is 38.6. The highest BCUT2D eigenvalue weighted by atomic mass is 32.1. The summed E-state index contributed by atoms with van der Waals surface area (Å²) < 4.78 is 19.0. The van der Waals surface area contributed by atoms with E-state index in [-0.39, 0.29) is 48.7 Å². The first-order chi connectivity index (χ1) is 61.6. The first-order valence-corrected chi connectivity index (χ1v) is 52.7. The average molecular weight is 1960 g/mol. The minimum Gasteiger partial charge on any atom is -0.469 e. The van der Waals surface area contributed by atoms with Crippen molar-refractivity contribution in [3.8, 4) is 0 Å². The molecule has 13 heterocycles. The summed E-state index contributed by atoms with van der Waals surface area (Å²) >= 11 is 10.4. The van der Waals surface area contributed by atoms with Crippen molar-refractivity contribution < 1.29 is 13.4 Å². The molecule has 0 saturated heterocycles. The molecule has 135 heavy (non-hydrogen) atoms. The molecule has 0 radical (unpaired) electrons. The van der Waals surface area contributed by atoms with E-state index >= 15 is 0 Å². The first kappa shape index (κ1) is 125. The number of thiazole rings is 1. The van der Waals surface area contributed by atoms with Crippen molar-refractivity contribution in [2.24, 2.45) is 62.4 Å². The van der Waals surface area contributed by atoms with Crippen molar-refractivity contribution in [3.63, 3.8) is 0 Å². The minimum atomic E-state index is -0.0174. The number of thiophene rings is 4. The number of rotatable bonds is 0. The molecule has 0 aromatic carbocycles. The van der Waals surface area contributed by atoms with Crippen molar-refractivity contribution >= 4 is 104 Å². The van der Waals surface area contributed by atoms with Crippen LogP contribution in [0.1, 0.15) is 379 Å². The number of oxazole rings is 1. The lowest BCUT2D eigenvalue weighted by molar-refractivity contribution is 0.320. The van der Waals surface area contributed by atoms with Crippen LogP contribution >= 0.6 is 68.2 Å². The lowest BCUT2D eigenvalue weighted by atomic mass is 9.87. The van der Waals surface area contributed by atoms with Crippen molar-refractivity contribution in [1.82, 2.24) is 29.5 Å². The van der Waals surface area contributed by atoms with E-state index in [4.69, 9.17) is 13.4 Å². The normalized spacial score (nSPS) is 14.5. The van der Waals surface area contributed by atoms with Crippen LogP contribution in [0.5, 0.6) is 0 Å². The Kier molecular flexibility index (Phi) is 52.2. The molecule has 9 aromatic rings. The van der Waals surface area contributed by atoms with Gasteiger partial charge in [0, 0.05) is 111 Å². The van der Waals surface area contributed by atoms with E-state index in [1.54, 1.807) is 47.7 Å². The molecule has 0 spiro atoms. The lowest BCUT2D eigenvalue weighted by Gasteiger charge is -2.18. The lowest BCUT2D eigenvalue weighted by Crippen LogP contribution is -2.16. The number of aromatic nitrogens is 6. The van der Waals surface area contributed by atoms with Gasteiger partial charge in [0.15, 0.2) is 12.2 Å². The Hall–Kier alpha value is -7.92. The van der Waals surface area contributed by atoms with E-state index in [0.717, 1.165) is 67.2 Å². The molecule has 0 N–H and O–H groups in total. The van der Waals surface area contributed by atoms with E-state index in [0.29, 0.717) is 38.4 Å². The molecule has 15 nitrogen and oxygen atoms in total. The quantitative estimate of drug-likeness (QED) is 0.142. The van der Waals surface area contributed by atoms with Gasteiger partial charge in [0.1, 0.15) is 35.0 Å².